The summed E-state index contributed by atoms with van der Waals surface area (Å²) >= 11 is 0. The van der Waals surface area contributed by atoms with Gasteiger partial charge in [0.05, 0.1) is 18.3 Å². The molecule has 31 heavy (non-hydrogen) atoms. The Bertz CT molecular complexity index is 857. The van der Waals surface area contributed by atoms with Crippen LogP contribution in [0.3, 0.4) is 0 Å². The second-order valence-electron chi connectivity index (χ2n) is 8.83. The highest BCUT2D eigenvalue weighted by Crippen LogP contribution is 2.20. The molecule has 8 nitrogen and oxygen atoms in total. The summed E-state index contributed by atoms with van der Waals surface area (Å²) in [6.45, 7) is 5.27. The molecule has 2 fully saturated rings. The predicted octanol–water partition coefficient (Wildman–Crippen LogP) is 1.17. The maximum Gasteiger partial charge on any atom is 0.273 e. The van der Waals surface area contributed by atoms with Gasteiger partial charge in [-0.05, 0) is 75.5 Å². The Balaban J connectivity index is 1.19. The summed E-state index contributed by atoms with van der Waals surface area (Å²) in [5.41, 5.74) is 0.603. The van der Waals surface area contributed by atoms with Crippen molar-refractivity contribution in [2.75, 3.05) is 32.7 Å². The first kappa shape index (κ1) is 21.9. The first-order valence-corrected chi connectivity index (χ1v) is 11.1. The van der Waals surface area contributed by atoms with Crippen LogP contribution in [0.25, 0.3) is 0 Å². The third-order valence-corrected chi connectivity index (χ3v) is 6.34. The largest absolute Gasteiger partial charge is 0.388 e. The summed E-state index contributed by atoms with van der Waals surface area (Å²) in [6, 6.07) is 6.66. The summed E-state index contributed by atoms with van der Waals surface area (Å²) in [5.74, 6) is -0.00316. The number of hydrogen-bond acceptors (Lipinski definition) is 6. The fourth-order valence-corrected chi connectivity index (χ4v) is 4.36. The highest BCUT2D eigenvalue weighted by Gasteiger charge is 2.30. The van der Waals surface area contributed by atoms with Crippen molar-refractivity contribution in [3.05, 3.63) is 47.5 Å². The molecule has 2 aliphatic rings. The van der Waals surface area contributed by atoms with Gasteiger partial charge in [-0.25, -0.2) is 9.07 Å². The molecule has 168 valence electrons. The molecular weight excluding hydrogens is 399 g/mol. The van der Waals surface area contributed by atoms with E-state index in [1.807, 2.05) is 12.1 Å². The first-order chi connectivity index (χ1) is 15.0. The SMILES string of the molecule is O=C(NCC1CCN(Cc2ccc(F)cc2)CC1)c1cn(CC2(O)CCNCC2)nn1. The molecule has 0 spiro atoms. The van der Waals surface area contributed by atoms with E-state index in [1.54, 1.807) is 10.9 Å². The Morgan fingerprint density at radius 1 is 1.23 bits per heavy atom. The number of piperidine rings is 2. The molecule has 0 unspecified atom stereocenters. The third kappa shape index (κ3) is 6.09. The van der Waals surface area contributed by atoms with Crippen LogP contribution in [0.2, 0.25) is 0 Å². The van der Waals surface area contributed by atoms with Crippen molar-refractivity contribution in [3.63, 3.8) is 0 Å². The highest BCUT2D eigenvalue weighted by atomic mass is 19.1. The van der Waals surface area contributed by atoms with Crippen LogP contribution < -0.4 is 10.6 Å². The van der Waals surface area contributed by atoms with E-state index in [4.69, 9.17) is 0 Å². The number of halogens is 1. The van der Waals surface area contributed by atoms with Crippen molar-refractivity contribution in [3.8, 4) is 0 Å². The van der Waals surface area contributed by atoms with E-state index < -0.39 is 5.60 Å². The van der Waals surface area contributed by atoms with Crippen LogP contribution >= 0.6 is 0 Å². The van der Waals surface area contributed by atoms with Gasteiger partial charge in [-0.3, -0.25) is 9.69 Å². The van der Waals surface area contributed by atoms with Crippen LogP contribution in [0.1, 0.15) is 41.7 Å². The minimum absolute atomic E-state index is 0.208. The van der Waals surface area contributed by atoms with Gasteiger partial charge >= 0.3 is 0 Å². The van der Waals surface area contributed by atoms with Gasteiger partial charge in [-0.15, -0.1) is 5.10 Å². The number of aliphatic hydroxyl groups is 1. The Morgan fingerprint density at radius 3 is 2.65 bits per heavy atom. The molecule has 2 saturated heterocycles. The molecule has 1 amide bonds. The smallest absolute Gasteiger partial charge is 0.273 e. The van der Waals surface area contributed by atoms with Gasteiger partial charge < -0.3 is 15.7 Å². The van der Waals surface area contributed by atoms with E-state index in [2.05, 4.69) is 25.8 Å². The Kier molecular flexibility index (Phi) is 6.94. The normalized spacial score (nSPS) is 19.9. The number of aromatic nitrogens is 3. The first-order valence-electron chi connectivity index (χ1n) is 11.1. The van der Waals surface area contributed by atoms with Crippen molar-refractivity contribution in [2.45, 2.75) is 44.4 Å². The highest BCUT2D eigenvalue weighted by molar-refractivity contribution is 5.91. The number of nitrogens with one attached hydrogen (secondary N) is 2. The van der Waals surface area contributed by atoms with Gasteiger partial charge in [0.1, 0.15) is 5.82 Å². The fourth-order valence-electron chi connectivity index (χ4n) is 4.36. The second-order valence-corrected chi connectivity index (χ2v) is 8.83. The molecule has 2 aromatic rings. The topological polar surface area (TPSA) is 95.3 Å². The molecule has 4 rings (SSSR count). The van der Waals surface area contributed by atoms with Crippen LogP contribution in [0.5, 0.6) is 0 Å². The summed E-state index contributed by atoms with van der Waals surface area (Å²) in [7, 11) is 0. The van der Waals surface area contributed by atoms with Crippen molar-refractivity contribution in [1.29, 1.82) is 0 Å². The molecule has 1 aromatic carbocycles. The van der Waals surface area contributed by atoms with Gasteiger partial charge in [-0.1, -0.05) is 17.3 Å². The number of hydrogen-bond donors (Lipinski definition) is 3. The minimum atomic E-state index is -0.797. The zero-order valence-electron chi connectivity index (χ0n) is 17.8. The van der Waals surface area contributed by atoms with Gasteiger partial charge in [0.15, 0.2) is 5.69 Å². The zero-order valence-corrected chi connectivity index (χ0v) is 17.8. The van der Waals surface area contributed by atoms with Crippen molar-refractivity contribution >= 4 is 5.91 Å². The van der Waals surface area contributed by atoms with Crippen molar-refractivity contribution in [1.82, 2.24) is 30.5 Å². The second kappa shape index (κ2) is 9.84. The van der Waals surface area contributed by atoms with Gasteiger partial charge in [0.2, 0.25) is 0 Å². The minimum Gasteiger partial charge on any atom is -0.388 e. The number of likely N-dealkylation sites (tertiary alicyclic amines) is 1. The van der Waals surface area contributed by atoms with E-state index in [9.17, 15) is 14.3 Å². The lowest BCUT2D eigenvalue weighted by molar-refractivity contribution is -0.00866. The maximum absolute atomic E-state index is 13.0. The van der Waals surface area contributed by atoms with Crippen molar-refractivity contribution in [2.24, 2.45) is 5.92 Å². The number of carbonyl (C=O) groups is 1. The standard InChI is InChI=1S/C22H31FN6O2/c23-19-3-1-18(2-4-19)14-28-11-5-17(6-12-28)13-25-21(30)20-15-29(27-26-20)16-22(31)7-9-24-10-8-22/h1-4,15,17,24,31H,5-14,16H2,(H,25,30). The van der Waals surface area contributed by atoms with E-state index in [1.165, 1.54) is 12.1 Å². The number of rotatable bonds is 7. The van der Waals surface area contributed by atoms with Crippen LogP contribution in [-0.4, -0.2) is 69.2 Å². The molecule has 9 heteroatoms. The molecular formula is C22H31FN6O2. The maximum atomic E-state index is 13.0. The predicted molar refractivity (Wildman–Crippen MR) is 114 cm³/mol. The molecule has 3 heterocycles. The van der Waals surface area contributed by atoms with Gasteiger partial charge in [0.25, 0.3) is 5.91 Å². The molecule has 0 saturated carbocycles. The lowest BCUT2D eigenvalue weighted by Gasteiger charge is -2.32. The molecule has 1 aromatic heterocycles. The van der Waals surface area contributed by atoms with Crippen molar-refractivity contribution < 1.29 is 14.3 Å². The van der Waals surface area contributed by atoms with Crippen LogP contribution in [0.15, 0.2) is 30.5 Å². The van der Waals surface area contributed by atoms with Crippen LogP contribution in [-0.2, 0) is 13.1 Å². The summed E-state index contributed by atoms with van der Waals surface area (Å²) in [5, 5.41) is 24.8. The summed E-state index contributed by atoms with van der Waals surface area (Å²) in [4.78, 5) is 14.8. The Morgan fingerprint density at radius 2 is 1.94 bits per heavy atom. The number of amides is 1. The average Bonchev–Trinajstić information content (AvgIpc) is 3.23. The lowest BCUT2D eigenvalue weighted by atomic mass is 9.92. The van der Waals surface area contributed by atoms with Gasteiger partial charge in [0, 0.05) is 13.1 Å². The average molecular weight is 431 g/mol. The summed E-state index contributed by atoms with van der Waals surface area (Å²) in [6.07, 6.45) is 4.95. The number of nitrogens with zero attached hydrogens (tertiary/aromatic N) is 4. The van der Waals surface area contributed by atoms with E-state index in [0.717, 1.165) is 51.1 Å². The van der Waals surface area contributed by atoms with E-state index >= 15 is 0 Å². The molecule has 0 bridgehead atoms. The van der Waals surface area contributed by atoms with Crippen LogP contribution in [0.4, 0.5) is 4.39 Å². The Hall–Kier alpha value is -2.36. The Labute approximate surface area is 181 Å². The molecule has 2 aliphatic heterocycles. The number of benzene rings is 1. The summed E-state index contributed by atoms with van der Waals surface area (Å²) < 4.78 is 14.6. The molecule has 3 N–H and O–H groups in total. The number of carbonyl (C=O) groups excluding carboxylic acids is 1. The zero-order chi connectivity index (χ0) is 21.7. The third-order valence-electron chi connectivity index (χ3n) is 6.34. The quantitative estimate of drug-likeness (QED) is 0.611. The molecule has 0 radical (unpaired) electrons. The molecule has 0 atom stereocenters. The lowest BCUT2D eigenvalue weighted by Crippen LogP contribution is -2.44. The molecule has 0 aliphatic carbocycles. The van der Waals surface area contributed by atoms with Gasteiger partial charge in [-0.2, -0.15) is 0 Å². The monoisotopic (exact) mass is 430 g/mol. The van der Waals surface area contributed by atoms with E-state index in [-0.39, 0.29) is 17.4 Å². The fraction of sp³-hybridized carbons (Fsp3) is 0.591. The van der Waals surface area contributed by atoms with Crippen LogP contribution in [0, 0.1) is 11.7 Å². The van der Waals surface area contributed by atoms with E-state index in [0.29, 0.717) is 31.8 Å².